The number of aryl methyl sites for hydroxylation is 1. The van der Waals surface area contributed by atoms with Gasteiger partial charge in [0.25, 0.3) is 0 Å². The molecule has 1 N–H and O–H groups in total. The standard InChI is InChI=1S/C29H37NO7S/c1-19-10-12-21(13-11-19)25(30-38(33,34)23-16-14-22(35-9)15-17-23)24(27(32)37-29(6,7)8)18-20(2)26(31)36-28(3,4)5/h10-17,25,30H,1-9H3/t18?,25-/m1/s1. The normalized spacial score (nSPS) is 12.7. The molecule has 0 aromatic heterocycles. The number of nitrogens with one attached hydrogen (secondary N) is 1. The Bertz CT molecular complexity index is 1320. The van der Waals surface area contributed by atoms with Crippen LogP contribution >= 0.6 is 0 Å². The third-order valence-electron chi connectivity index (χ3n) is 4.99. The SMILES string of the molecule is COc1ccc(S(=O)(=O)N[C@@H](C(=C=C(C)C(=O)OC(C)(C)C)C(=O)OC(C)(C)C)c2ccc(C)cc2)cc1. The number of rotatable bonds is 8. The summed E-state index contributed by atoms with van der Waals surface area (Å²) in [7, 11) is -2.67. The van der Waals surface area contributed by atoms with Crippen molar-refractivity contribution >= 4 is 22.0 Å². The number of esters is 2. The Hall–Kier alpha value is -3.39. The average Bonchev–Trinajstić information content (AvgIpc) is 2.79. The van der Waals surface area contributed by atoms with Gasteiger partial charge in [0.2, 0.25) is 10.0 Å². The summed E-state index contributed by atoms with van der Waals surface area (Å²) in [4.78, 5) is 26.2. The number of carbonyl (C=O) groups is 2. The highest BCUT2D eigenvalue weighted by Crippen LogP contribution is 2.28. The van der Waals surface area contributed by atoms with E-state index in [1.54, 1.807) is 65.8 Å². The van der Waals surface area contributed by atoms with Crippen LogP contribution in [0.15, 0.2) is 70.3 Å². The third-order valence-corrected chi connectivity index (χ3v) is 6.43. The van der Waals surface area contributed by atoms with Gasteiger partial charge in [-0.05, 0) is 85.2 Å². The van der Waals surface area contributed by atoms with E-state index in [0.29, 0.717) is 11.3 Å². The second-order valence-electron chi connectivity index (χ2n) is 10.8. The van der Waals surface area contributed by atoms with Crippen LogP contribution in [0, 0.1) is 6.92 Å². The molecular weight excluding hydrogens is 506 g/mol. The van der Waals surface area contributed by atoms with Crippen molar-refractivity contribution in [3.8, 4) is 5.75 Å². The van der Waals surface area contributed by atoms with Crippen molar-refractivity contribution in [2.45, 2.75) is 77.5 Å². The summed E-state index contributed by atoms with van der Waals surface area (Å²) in [5.41, 5.74) is 2.33. The quantitative estimate of drug-likeness (QED) is 0.278. The van der Waals surface area contributed by atoms with Crippen LogP contribution in [0.2, 0.25) is 0 Å². The fourth-order valence-corrected chi connectivity index (χ4v) is 4.41. The molecule has 0 saturated heterocycles. The lowest BCUT2D eigenvalue weighted by Crippen LogP contribution is -2.34. The molecule has 0 spiro atoms. The van der Waals surface area contributed by atoms with Crippen molar-refractivity contribution in [2.24, 2.45) is 0 Å². The van der Waals surface area contributed by atoms with Crippen molar-refractivity contribution in [1.82, 2.24) is 4.72 Å². The minimum atomic E-state index is -4.15. The van der Waals surface area contributed by atoms with Crippen molar-refractivity contribution in [3.05, 3.63) is 76.5 Å². The largest absolute Gasteiger partial charge is 0.497 e. The number of sulfonamides is 1. The Kier molecular flexibility index (Phi) is 9.72. The number of hydrogen-bond donors (Lipinski definition) is 1. The first-order valence-electron chi connectivity index (χ1n) is 12.1. The molecule has 0 aliphatic heterocycles. The summed E-state index contributed by atoms with van der Waals surface area (Å²) in [6.45, 7) is 13.6. The molecule has 0 unspecified atom stereocenters. The molecule has 38 heavy (non-hydrogen) atoms. The molecular formula is C29H37NO7S. The van der Waals surface area contributed by atoms with Gasteiger partial charge in [0.05, 0.1) is 23.6 Å². The first kappa shape index (κ1) is 30.8. The predicted molar refractivity (Wildman–Crippen MR) is 145 cm³/mol. The third kappa shape index (κ3) is 9.17. The molecule has 0 radical (unpaired) electrons. The molecule has 2 rings (SSSR count). The van der Waals surface area contributed by atoms with Gasteiger partial charge in [-0.25, -0.2) is 18.0 Å². The topological polar surface area (TPSA) is 108 Å². The maximum atomic E-state index is 13.5. The molecule has 206 valence electrons. The highest BCUT2D eigenvalue weighted by molar-refractivity contribution is 7.89. The monoisotopic (exact) mass is 543 g/mol. The van der Waals surface area contributed by atoms with Crippen molar-refractivity contribution in [1.29, 1.82) is 0 Å². The van der Waals surface area contributed by atoms with E-state index < -0.39 is 39.2 Å². The number of methoxy groups -OCH3 is 1. The van der Waals surface area contributed by atoms with Gasteiger partial charge in [0, 0.05) is 0 Å². The zero-order chi connectivity index (χ0) is 28.9. The van der Waals surface area contributed by atoms with Crippen LogP contribution in [0.25, 0.3) is 0 Å². The first-order chi connectivity index (χ1) is 17.4. The highest BCUT2D eigenvalue weighted by Gasteiger charge is 2.32. The zero-order valence-corrected chi connectivity index (χ0v) is 24.3. The van der Waals surface area contributed by atoms with Crippen LogP contribution in [-0.2, 0) is 29.1 Å². The summed E-state index contributed by atoms with van der Waals surface area (Å²) in [5.74, 6) is -1.04. The molecule has 0 aliphatic carbocycles. The molecule has 2 aromatic rings. The van der Waals surface area contributed by atoms with E-state index in [-0.39, 0.29) is 16.0 Å². The molecule has 9 heteroatoms. The Balaban J connectivity index is 2.76. The molecule has 0 fully saturated rings. The molecule has 8 nitrogen and oxygen atoms in total. The predicted octanol–water partition coefficient (Wildman–Crippen LogP) is 5.18. The Morgan fingerprint density at radius 3 is 1.82 bits per heavy atom. The molecule has 1 atom stereocenters. The Morgan fingerprint density at radius 2 is 1.34 bits per heavy atom. The summed E-state index contributed by atoms with van der Waals surface area (Å²) < 4.78 is 45.7. The lowest BCUT2D eigenvalue weighted by molar-refractivity contribution is -0.150. The van der Waals surface area contributed by atoms with Crippen LogP contribution in [-0.4, -0.2) is 38.7 Å². The van der Waals surface area contributed by atoms with E-state index in [1.807, 2.05) is 6.92 Å². The van der Waals surface area contributed by atoms with Gasteiger partial charge in [-0.1, -0.05) is 35.6 Å². The second kappa shape index (κ2) is 12.0. The maximum absolute atomic E-state index is 13.5. The Labute approximate surface area is 225 Å². The summed E-state index contributed by atoms with van der Waals surface area (Å²) in [5, 5.41) is 0. The molecule has 0 heterocycles. The van der Waals surface area contributed by atoms with Crippen molar-refractivity contribution in [3.63, 3.8) is 0 Å². The van der Waals surface area contributed by atoms with Gasteiger partial charge in [0.15, 0.2) is 0 Å². The zero-order valence-electron chi connectivity index (χ0n) is 23.5. The minimum absolute atomic E-state index is 0.0125. The van der Waals surface area contributed by atoms with E-state index in [4.69, 9.17) is 14.2 Å². The molecule has 0 saturated carbocycles. The van der Waals surface area contributed by atoms with Crippen LogP contribution in [0.1, 0.15) is 65.6 Å². The van der Waals surface area contributed by atoms with Crippen LogP contribution in [0.4, 0.5) is 0 Å². The second-order valence-corrected chi connectivity index (χ2v) is 12.5. The molecule has 0 amide bonds. The van der Waals surface area contributed by atoms with Crippen LogP contribution in [0.3, 0.4) is 0 Å². The number of hydrogen-bond acceptors (Lipinski definition) is 7. The van der Waals surface area contributed by atoms with E-state index in [1.165, 1.54) is 38.3 Å². The molecule has 0 bridgehead atoms. The van der Waals surface area contributed by atoms with Gasteiger partial charge in [0.1, 0.15) is 22.5 Å². The number of carbonyl (C=O) groups excluding carboxylic acids is 2. The number of ether oxygens (including phenoxy) is 3. The van der Waals surface area contributed by atoms with Gasteiger partial charge in [-0.15, -0.1) is 0 Å². The lowest BCUT2D eigenvalue weighted by Gasteiger charge is -2.25. The van der Waals surface area contributed by atoms with Gasteiger partial charge in [-0.3, -0.25) is 0 Å². The number of benzene rings is 2. The lowest BCUT2D eigenvalue weighted by atomic mass is 9.98. The first-order valence-corrected chi connectivity index (χ1v) is 13.6. The summed E-state index contributed by atoms with van der Waals surface area (Å²) in [6.07, 6.45) is 0. The molecule has 0 aliphatic rings. The fraction of sp³-hybridized carbons (Fsp3) is 0.414. The van der Waals surface area contributed by atoms with E-state index in [0.717, 1.165) is 5.56 Å². The van der Waals surface area contributed by atoms with Gasteiger partial charge >= 0.3 is 11.9 Å². The average molecular weight is 544 g/mol. The van der Waals surface area contributed by atoms with Gasteiger partial charge < -0.3 is 14.2 Å². The molecule has 2 aromatic carbocycles. The Morgan fingerprint density at radius 1 is 0.842 bits per heavy atom. The van der Waals surface area contributed by atoms with Crippen LogP contribution < -0.4 is 9.46 Å². The maximum Gasteiger partial charge on any atom is 0.344 e. The fourth-order valence-electron chi connectivity index (χ4n) is 3.21. The van der Waals surface area contributed by atoms with E-state index in [2.05, 4.69) is 10.5 Å². The minimum Gasteiger partial charge on any atom is -0.497 e. The summed E-state index contributed by atoms with van der Waals surface area (Å²) >= 11 is 0. The van der Waals surface area contributed by atoms with E-state index in [9.17, 15) is 18.0 Å². The van der Waals surface area contributed by atoms with E-state index >= 15 is 0 Å². The summed E-state index contributed by atoms with van der Waals surface area (Å²) in [6, 6.07) is 11.6. The van der Waals surface area contributed by atoms with Crippen molar-refractivity contribution in [2.75, 3.05) is 7.11 Å². The van der Waals surface area contributed by atoms with Crippen LogP contribution in [0.5, 0.6) is 5.75 Å². The van der Waals surface area contributed by atoms with Crippen molar-refractivity contribution < 1.29 is 32.2 Å². The van der Waals surface area contributed by atoms with Gasteiger partial charge in [-0.2, -0.15) is 4.72 Å². The smallest absolute Gasteiger partial charge is 0.344 e. The highest BCUT2D eigenvalue weighted by atomic mass is 32.2.